The van der Waals surface area contributed by atoms with Crippen LogP contribution >= 0.6 is 15.9 Å². The second-order valence-corrected chi connectivity index (χ2v) is 12.7. The molecule has 2 aromatic carbocycles. The Balaban J connectivity index is 1.50. The van der Waals surface area contributed by atoms with E-state index in [0.717, 1.165) is 52.4 Å². The first-order chi connectivity index (χ1) is 19.5. The molecule has 0 spiro atoms. The number of methoxy groups -OCH3 is 1. The molecule has 0 saturated carbocycles. The summed E-state index contributed by atoms with van der Waals surface area (Å²) in [6, 6.07) is 14.5. The fourth-order valence-electron chi connectivity index (χ4n) is 5.54. The van der Waals surface area contributed by atoms with Crippen LogP contribution in [0.2, 0.25) is 0 Å². The molecule has 1 fully saturated rings. The smallest absolute Gasteiger partial charge is 0.407 e. The first kappa shape index (κ1) is 31.0. The van der Waals surface area contributed by atoms with Crippen LogP contribution in [0, 0.1) is 5.82 Å². The molecule has 3 aromatic rings. The second kappa shape index (κ2) is 13.8. The van der Waals surface area contributed by atoms with Gasteiger partial charge in [0.2, 0.25) is 5.91 Å². The molecule has 1 aliphatic heterocycles. The maximum atomic E-state index is 14.2. The third-order valence-electron chi connectivity index (χ3n) is 7.36. The zero-order valence-corrected chi connectivity index (χ0v) is 26.0. The molecule has 1 aromatic heterocycles. The van der Waals surface area contributed by atoms with Crippen molar-refractivity contribution >= 4 is 38.8 Å². The predicted octanol–water partition coefficient (Wildman–Crippen LogP) is 6.81. The molecule has 2 atom stereocenters. The van der Waals surface area contributed by atoms with E-state index >= 15 is 0 Å². The highest BCUT2D eigenvalue weighted by Gasteiger charge is 2.30. The molecule has 0 bridgehead atoms. The minimum Gasteiger partial charge on any atom is -0.444 e. The minimum atomic E-state index is -0.638. The number of nitrogens with zero attached hydrogens (tertiary/aromatic N) is 2. The van der Waals surface area contributed by atoms with E-state index in [1.165, 1.54) is 6.07 Å². The number of ether oxygens (including phenoxy) is 2. The Morgan fingerprint density at radius 1 is 1.15 bits per heavy atom. The van der Waals surface area contributed by atoms with Gasteiger partial charge in [-0.05, 0) is 88.4 Å². The van der Waals surface area contributed by atoms with E-state index < -0.39 is 17.7 Å². The number of carbonyl (C=O) groups excluding carboxylic acids is 2. The maximum absolute atomic E-state index is 14.2. The summed E-state index contributed by atoms with van der Waals surface area (Å²) in [6.45, 7) is 8.04. The highest BCUT2D eigenvalue weighted by atomic mass is 79.9. The van der Waals surface area contributed by atoms with Gasteiger partial charge < -0.3 is 24.3 Å². The monoisotopic (exact) mass is 629 g/mol. The second-order valence-electron chi connectivity index (χ2n) is 11.8. The zero-order chi connectivity index (χ0) is 29.6. The molecule has 2 amide bonds. The van der Waals surface area contributed by atoms with Crippen LogP contribution in [0.25, 0.3) is 10.9 Å². The van der Waals surface area contributed by atoms with Crippen LogP contribution in [0.15, 0.2) is 53.0 Å². The number of fused-ring (bicyclic) bond motifs is 1. The summed E-state index contributed by atoms with van der Waals surface area (Å²) in [7, 11) is 1.68. The summed E-state index contributed by atoms with van der Waals surface area (Å²) in [5.41, 5.74) is 2.38. The van der Waals surface area contributed by atoms with Crippen molar-refractivity contribution in [1.82, 2.24) is 14.8 Å². The molecule has 222 valence electrons. The van der Waals surface area contributed by atoms with Crippen LogP contribution in [-0.2, 0) is 27.2 Å². The van der Waals surface area contributed by atoms with E-state index in [0.29, 0.717) is 26.1 Å². The van der Waals surface area contributed by atoms with Crippen LogP contribution in [0.3, 0.4) is 0 Å². The Labute approximate surface area is 250 Å². The third-order valence-corrected chi connectivity index (χ3v) is 7.89. The van der Waals surface area contributed by atoms with Crippen LogP contribution in [-0.4, -0.2) is 59.9 Å². The lowest BCUT2D eigenvalue weighted by Crippen LogP contribution is -2.46. The molecule has 0 aliphatic carbocycles. The summed E-state index contributed by atoms with van der Waals surface area (Å²) >= 11 is 3.46. The number of amides is 2. The molecule has 1 aliphatic rings. The molecule has 7 nitrogen and oxygen atoms in total. The molecule has 9 heteroatoms. The quantitative estimate of drug-likeness (QED) is 0.250. The van der Waals surface area contributed by atoms with Gasteiger partial charge in [0.25, 0.3) is 0 Å². The van der Waals surface area contributed by atoms with Crippen molar-refractivity contribution in [2.75, 3.05) is 26.8 Å². The van der Waals surface area contributed by atoms with E-state index in [9.17, 15) is 14.0 Å². The first-order valence-corrected chi connectivity index (χ1v) is 15.1. The van der Waals surface area contributed by atoms with Gasteiger partial charge in [-0.15, -0.1) is 0 Å². The van der Waals surface area contributed by atoms with Crippen molar-refractivity contribution < 1.29 is 23.5 Å². The molecule has 2 heterocycles. The number of aromatic nitrogens is 1. The van der Waals surface area contributed by atoms with Crippen molar-refractivity contribution in [2.45, 2.75) is 77.0 Å². The normalized spacial score (nSPS) is 16.5. The number of carbonyl (C=O) groups is 2. The molecule has 4 rings (SSSR count). The summed E-state index contributed by atoms with van der Waals surface area (Å²) in [4.78, 5) is 28.2. The number of halogens is 2. The Bertz CT molecular complexity index is 1340. The molecule has 1 saturated heterocycles. The SMILES string of the molecule is COCCCn1c(C2CCCN(C(=O)C[C@@H](Cc3ccc(Br)cc3)NC(=O)OC(C)(C)C)C2)cc2ccc(F)cc21. The first-order valence-electron chi connectivity index (χ1n) is 14.3. The van der Waals surface area contributed by atoms with Gasteiger partial charge in [-0.25, -0.2) is 9.18 Å². The summed E-state index contributed by atoms with van der Waals surface area (Å²) in [5, 5.41) is 3.94. The van der Waals surface area contributed by atoms with Crippen LogP contribution in [0.5, 0.6) is 0 Å². The number of likely N-dealkylation sites (tertiary alicyclic amines) is 1. The molecule has 0 radical (unpaired) electrons. The molecule has 41 heavy (non-hydrogen) atoms. The zero-order valence-electron chi connectivity index (χ0n) is 24.4. The molecule has 1 N–H and O–H groups in total. The molecule has 1 unspecified atom stereocenters. The number of hydrogen-bond donors (Lipinski definition) is 1. The lowest BCUT2D eigenvalue weighted by Gasteiger charge is -2.34. The van der Waals surface area contributed by atoms with E-state index in [1.807, 2.05) is 56.0 Å². The summed E-state index contributed by atoms with van der Waals surface area (Å²) < 4.78 is 28.1. The van der Waals surface area contributed by atoms with Crippen molar-refractivity contribution in [1.29, 1.82) is 0 Å². The lowest BCUT2D eigenvalue weighted by atomic mass is 9.93. The van der Waals surface area contributed by atoms with Gasteiger partial charge in [-0.1, -0.05) is 28.1 Å². The topological polar surface area (TPSA) is 72.8 Å². The van der Waals surface area contributed by atoms with Gasteiger partial charge >= 0.3 is 6.09 Å². The van der Waals surface area contributed by atoms with Gasteiger partial charge in [0.1, 0.15) is 11.4 Å². The number of aryl methyl sites for hydroxylation is 1. The van der Waals surface area contributed by atoms with Crippen molar-refractivity contribution in [3.05, 3.63) is 70.1 Å². The van der Waals surface area contributed by atoms with E-state index in [2.05, 4.69) is 31.9 Å². The van der Waals surface area contributed by atoms with E-state index in [4.69, 9.17) is 9.47 Å². The van der Waals surface area contributed by atoms with E-state index in [-0.39, 0.29) is 24.1 Å². The number of nitrogens with one attached hydrogen (secondary N) is 1. The minimum absolute atomic E-state index is 0.000888. The van der Waals surface area contributed by atoms with Gasteiger partial charge in [-0.3, -0.25) is 4.79 Å². The average molecular weight is 631 g/mol. The third kappa shape index (κ3) is 8.79. The highest BCUT2D eigenvalue weighted by molar-refractivity contribution is 9.10. The van der Waals surface area contributed by atoms with Gasteiger partial charge in [0.05, 0.1) is 5.52 Å². The Morgan fingerprint density at radius 2 is 1.90 bits per heavy atom. The molecular weight excluding hydrogens is 589 g/mol. The number of hydrogen-bond acceptors (Lipinski definition) is 4. The van der Waals surface area contributed by atoms with Gasteiger partial charge in [0.15, 0.2) is 0 Å². The predicted molar refractivity (Wildman–Crippen MR) is 163 cm³/mol. The van der Waals surface area contributed by atoms with Crippen LogP contribution in [0.1, 0.15) is 63.6 Å². The maximum Gasteiger partial charge on any atom is 0.407 e. The Kier molecular flexibility index (Phi) is 10.5. The van der Waals surface area contributed by atoms with Crippen LogP contribution in [0.4, 0.5) is 9.18 Å². The van der Waals surface area contributed by atoms with Crippen LogP contribution < -0.4 is 5.32 Å². The number of benzene rings is 2. The number of alkyl carbamates (subject to hydrolysis) is 1. The number of rotatable bonds is 10. The highest BCUT2D eigenvalue weighted by Crippen LogP contribution is 2.33. The lowest BCUT2D eigenvalue weighted by molar-refractivity contribution is -0.132. The van der Waals surface area contributed by atoms with Gasteiger partial charge in [0, 0.05) is 67.3 Å². The van der Waals surface area contributed by atoms with Crippen molar-refractivity contribution in [2.24, 2.45) is 0 Å². The largest absolute Gasteiger partial charge is 0.444 e. The summed E-state index contributed by atoms with van der Waals surface area (Å²) in [6.07, 6.45) is 2.79. The van der Waals surface area contributed by atoms with E-state index in [1.54, 1.807) is 13.2 Å². The Hall–Kier alpha value is -2.91. The summed E-state index contributed by atoms with van der Waals surface area (Å²) in [5.74, 6) is -0.125. The average Bonchev–Trinajstić information content (AvgIpc) is 3.26. The fourth-order valence-corrected chi connectivity index (χ4v) is 5.81. The van der Waals surface area contributed by atoms with Crippen molar-refractivity contribution in [3.63, 3.8) is 0 Å². The standard InChI is InChI=1S/C32H41BrFN3O4/c1-32(2,3)41-31(39)35-27(17-22-8-11-25(33)12-9-22)20-30(38)36-14-5-7-24(21-36)28-18-23-10-13-26(34)19-29(23)37(28)15-6-16-40-4/h8-13,18-19,24,27H,5-7,14-17,20-21H2,1-4H3,(H,35,39)/t24?,27-/m1/s1. The van der Waals surface area contributed by atoms with Crippen molar-refractivity contribution in [3.8, 4) is 0 Å². The number of piperidine rings is 1. The fraction of sp³-hybridized carbons (Fsp3) is 0.500. The molecular formula is C32H41BrFN3O4. The Morgan fingerprint density at radius 3 is 2.61 bits per heavy atom. The van der Waals surface area contributed by atoms with Gasteiger partial charge in [-0.2, -0.15) is 0 Å².